The molecule has 2 heterocycles. The van der Waals surface area contributed by atoms with Crippen molar-refractivity contribution in [3.05, 3.63) is 40.4 Å². The first-order chi connectivity index (χ1) is 10.6. The molecular formula is C15H13N3O2S2. The van der Waals surface area contributed by atoms with Gasteiger partial charge in [0, 0.05) is 11.5 Å². The second-order valence-electron chi connectivity index (χ2n) is 4.47. The van der Waals surface area contributed by atoms with E-state index < -0.39 is 0 Å². The molecule has 1 amide bonds. The van der Waals surface area contributed by atoms with Crippen LogP contribution in [-0.4, -0.2) is 23.0 Å². The number of hydrogen-bond acceptors (Lipinski definition) is 6. The van der Waals surface area contributed by atoms with Crippen molar-refractivity contribution in [3.63, 3.8) is 0 Å². The third-order valence-electron chi connectivity index (χ3n) is 2.87. The van der Waals surface area contributed by atoms with Gasteiger partial charge in [-0.05, 0) is 31.2 Å². The number of ether oxygens (including phenoxy) is 1. The quantitative estimate of drug-likeness (QED) is 0.740. The Balaban J connectivity index is 1.72. The van der Waals surface area contributed by atoms with Gasteiger partial charge in [0.1, 0.15) is 5.75 Å². The average molecular weight is 331 g/mol. The summed E-state index contributed by atoms with van der Waals surface area (Å²) < 4.78 is 6.14. The second kappa shape index (κ2) is 6.25. The van der Waals surface area contributed by atoms with Crippen molar-refractivity contribution in [2.75, 3.05) is 12.4 Å². The van der Waals surface area contributed by atoms with E-state index in [1.54, 1.807) is 24.5 Å². The molecule has 0 saturated heterocycles. The van der Waals surface area contributed by atoms with Gasteiger partial charge in [-0.2, -0.15) is 0 Å². The van der Waals surface area contributed by atoms with Gasteiger partial charge < -0.3 is 4.74 Å². The van der Waals surface area contributed by atoms with Crippen molar-refractivity contribution in [2.45, 2.75) is 6.92 Å². The number of amides is 1. The van der Waals surface area contributed by atoms with Crippen LogP contribution in [0.1, 0.15) is 10.7 Å². The van der Waals surface area contributed by atoms with E-state index in [0.717, 1.165) is 26.7 Å². The summed E-state index contributed by atoms with van der Waals surface area (Å²) in [6.45, 7) is 1.93. The Morgan fingerprint density at radius 3 is 2.95 bits per heavy atom. The summed E-state index contributed by atoms with van der Waals surface area (Å²) in [5, 5.41) is 6.20. The zero-order valence-corrected chi connectivity index (χ0v) is 13.6. The minimum absolute atomic E-state index is 0.225. The van der Waals surface area contributed by atoms with Gasteiger partial charge in [-0.25, -0.2) is 9.97 Å². The molecule has 0 aliphatic carbocycles. The van der Waals surface area contributed by atoms with Gasteiger partial charge in [0.2, 0.25) is 5.91 Å². The molecule has 1 N–H and O–H groups in total. The van der Waals surface area contributed by atoms with E-state index in [-0.39, 0.29) is 5.91 Å². The highest BCUT2D eigenvalue weighted by atomic mass is 32.1. The Labute approximate surface area is 135 Å². The first-order valence-corrected chi connectivity index (χ1v) is 8.19. The molecule has 3 aromatic rings. The SMILES string of the molecule is COc1ccc2nc(NC(=O)/C=C/c3csc(C)n3)sc2c1. The molecule has 0 aliphatic heterocycles. The fourth-order valence-corrected chi connectivity index (χ4v) is 3.33. The van der Waals surface area contributed by atoms with Crippen molar-refractivity contribution < 1.29 is 9.53 Å². The Bertz CT molecular complexity index is 851. The molecule has 7 heteroatoms. The van der Waals surface area contributed by atoms with E-state index in [4.69, 9.17) is 4.74 Å². The molecule has 0 fully saturated rings. The molecular weight excluding hydrogens is 318 g/mol. The van der Waals surface area contributed by atoms with Gasteiger partial charge in [-0.1, -0.05) is 11.3 Å². The number of hydrogen-bond donors (Lipinski definition) is 1. The maximum atomic E-state index is 11.9. The van der Waals surface area contributed by atoms with Crippen molar-refractivity contribution >= 4 is 50.0 Å². The van der Waals surface area contributed by atoms with Crippen LogP contribution >= 0.6 is 22.7 Å². The lowest BCUT2D eigenvalue weighted by atomic mass is 10.3. The topological polar surface area (TPSA) is 64.1 Å². The third-order valence-corrected chi connectivity index (χ3v) is 4.59. The fourth-order valence-electron chi connectivity index (χ4n) is 1.85. The molecule has 3 rings (SSSR count). The lowest BCUT2D eigenvalue weighted by Crippen LogP contribution is -2.07. The predicted octanol–water partition coefficient (Wildman–Crippen LogP) is 3.72. The molecule has 5 nitrogen and oxygen atoms in total. The fraction of sp³-hybridized carbons (Fsp3) is 0.133. The van der Waals surface area contributed by atoms with Crippen molar-refractivity contribution in [1.29, 1.82) is 0 Å². The largest absolute Gasteiger partial charge is 0.497 e. The number of aryl methyl sites for hydroxylation is 1. The molecule has 0 atom stereocenters. The Morgan fingerprint density at radius 2 is 2.23 bits per heavy atom. The van der Waals surface area contributed by atoms with E-state index in [2.05, 4.69) is 15.3 Å². The minimum Gasteiger partial charge on any atom is -0.497 e. The zero-order chi connectivity index (χ0) is 15.5. The summed E-state index contributed by atoms with van der Waals surface area (Å²) >= 11 is 2.96. The standard InChI is InChI=1S/C15H13N3O2S2/c1-9-16-10(8-21-9)3-6-14(19)18-15-17-12-5-4-11(20-2)7-13(12)22-15/h3-8H,1-2H3,(H,17,18,19)/b6-3+. The van der Waals surface area contributed by atoms with Crippen LogP contribution in [0.25, 0.3) is 16.3 Å². The van der Waals surface area contributed by atoms with Crippen molar-refractivity contribution in [3.8, 4) is 5.75 Å². The summed E-state index contributed by atoms with van der Waals surface area (Å²) in [7, 11) is 1.62. The zero-order valence-electron chi connectivity index (χ0n) is 12.0. The smallest absolute Gasteiger partial charge is 0.250 e. The number of aromatic nitrogens is 2. The molecule has 0 bridgehead atoms. The highest BCUT2D eigenvalue weighted by Gasteiger charge is 2.07. The molecule has 0 spiro atoms. The van der Waals surface area contributed by atoms with Gasteiger partial charge in [0.15, 0.2) is 5.13 Å². The number of rotatable bonds is 4. The number of nitrogens with one attached hydrogen (secondary N) is 1. The number of thiazole rings is 2. The number of carbonyl (C=O) groups excluding carboxylic acids is 1. The Morgan fingerprint density at radius 1 is 1.36 bits per heavy atom. The van der Waals surface area contributed by atoms with Crippen LogP contribution in [0, 0.1) is 6.92 Å². The average Bonchev–Trinajstić information content (AvgIpc) is 3.09. The first kappa shape index (κ1) is 14.7. The van der Waals surface area contributed by atoms with Gasteiger partial charge in [-0.15, -0.1) is 11.3 Å². The molecule has 0 unspecified atom stereocenters. The predicted molar refractivity (Wildman–Crippen MR) is 90.7 cm³/mol. The number of nitrogens with zero attached hydrogens (tertiary/aromatic N) is 2. The van der Waals surface area contributed by atoms with Crippen molar-refractivity contribution in [1.82, 2.24) is 9.97 Å². The Kier molecular flexibility index (Phi) is 4.17. The summed E-state index contributed by atoms with van der Waals surface area (Å²) in [5.74, 6) is 0.546. The molecule has 0 saturated carbocycles. The molecule has 2 aromatic heterocycles. The van der Waals surface area contributed by atoms with E-state index in [0.29, 0.717) is 5.13 Å². The van der Waals surface area contributed by atoms with Gasteiger partial charge in [-0.3, -0.25) is 10.1 Å². The van der Waals surface area contributed by atoms with Crippen LogP contribution in [0.4, 0.5) is 5.13 Å². The van der Waals surface area contributed by atoms with Crippen LogP contribution in [0.3, 0.4) is 0 Å². The Hall–Kier alpha value is -2.25. The van der Waals surface area contributed by atoms with E-state index in [9.17, 15) is 4.79 Å². The van der Waals surface area contributed by atoms with Crippen LogP contribution in [-0.2, 0) is 4.79 Å². The lowest BCUT2D eigenvalue weighted by molar-refractivity contribution is -0.111. The summed E-state index contributed by atoms with van der Waals surface area (Å²) in [4.78, 5) is 20.6. The number of carbonyl (C=O) groups is 1. The number of benzene rings is 1. The third kappa shape index (κ3) is 3.32. The monoisotopic (exact) mass is 331 g/mol. The molecule has 0 aliphatic rings. The van der Waals surface area contributed by atoms with Crippen molar-refractivity contribution in [2.24, 2.45) is 0 Å². The summed E-state index contributed by atoms with van der Waals surface area (Å²) in [6.07, 6.45) is 3.15. The minimum atomic E-state index is -0.225. The van der Waals surface area contributed by atoms with E-state index in [1.165, 1.54) is 17.4 Å². The molecule has 22 heavy (non-hydrogen) atoms. The second-order valence-corrected chi connectivity index (χ2v) is 6.56. The normalized spacial score (nSPS) is 11.2. The van der Waals surface area contributed by atoms with Crippen LogP contribution in [0.15, 0.2) is 29.7 Å². The first-order valence-electron chi connectivity index (χ1n) is 6.50. The van der Waals surface area contributed by atoms with Gasteiger partial charge in [0.25, 0.3) is 0 Å². The highest BCUT2D eigenvalue weighted by molar-refractivity contribution is 7.22. The summed E-state index contributed by atoms with van der Waals surface area (Å²) in [5.41, 5.74) is 1.62. The van der Waals surface area contributed by atoms with Crippen LogP contribution < -0.4 is 10.1 Å². The van der Waals surface area contributed by atoms with E-state index >= 15 is 0 Å². The molecule has 0 radical (unpaired) electrons. The number of methoxy groups -OCH3 is 1. The maximum Gasteiger partial charge on any atom is 0.250 e. The lowest BCUT2D eigenvalue weighted by Gasteiger charge is -1.96. The van der Waals surface area contributed by atoms with Gasteiger partial charge >= 0.3 is 0 Å². The molecule has 112 valence electrons. The van der Waals surface area contributed by atoms with E-state index in [1.807, 2.05) is 30.5 Å². The summed E-state index contributed by atoms with van der Waals surface area (Å²) in [6, 6.07) is 5.61. The number of anilines is 1. The highest BCUT2D eigenvalue weighted by Crippen LogP contribution is 2.29. The number of fused-ring (bicyclic) bond motifs is 1. The van der Waals surface area contributed by atoms with Crippen LogP contribution in [0.2, 0.25) is 0 Å². The van der Waals surface area contributed by atoms with Gasteiger partial charge in [0.05, 0.1) is 28.0 Å². The maximum absolute atomic E-state index is 11.9. The van der Waals surface area contributed by atoms with Crippen LogP contribution in [0.5, 0.6) is 5.75 Å². The molecule has 1 aromatic carbocycles.